The number of rotatable bonds is 7. The third-order valence-electron chi connectivity index (χ3n) is 3.06. The molecule has 1 aliphatic heterocycles. The van der Waals surface area contributed by atoms with Gasteiger partial charge in [0.2, 0.25) is 5.91 Å². The van der Waals surface area contributed by atoms with Crippen molar-refractivity contribution in [1.29, 1.82) is 0 Å². The van der Waals surface area contributed by atoms with E-state index in [1.807, 2.05) is 0 Å². The monoisotopic (exact) mass is 243 g/mol. The second kappa shape index (κ2) is 8.44. The van der Waals surface area contributed by atoms with E-state index < -0.39 is 0 Å². The number of hydrazine groups is 1. The SMILES string of the molecule is CCCOC1CCCN(CCCC(=O)NN)C1. The molecule has 0 aromatic heterocycles. The summed E-state index contributed by atoms with van der Waals surface area (Å²) in [6, 6.07) is 0. The molecular formula is C12H25N3O2. The Balaban J connectivity index is 2.13. The molecular weight excluding hydrogens is 218 g/mol. The highest BCUT2D eigenvalue weighted by Gasteiger charge is 2.19. The summed E-state index contributed by atoms with van der Waals surface area (Å²) < 4.78 is 5.77. The zero-order valence-corrected chi connectivity index (χ0v) is 10.8. The minimum Gasteiger partial charge on any atom is -0.377 e. The Morgan fingerprint density at radius 3 is 3.12 bits per heavy atom. The number of nitrogens with one attached hydrogen (secondary N) is 1. The fraction of sp³-hybridized carbons (Fsp3) is 0.917. The van der Waals surface area contributed by atoms with E-state index >= 15 is 0 Å². The maximum atomic E-state index is 11.0. The van der Waals surface area contributed by atoms with Crippen LogP contribution in [-0.4, -0.2) is 43.2 Å². The minimum atomic E-state index is -0.0826. The Morgan fingerprint density at radius 2 is 2.41 bits per heavy atom. The summed E-state index contributed by atoms with van der Waals surface area (Å²) in [5.74, 6) is 4.95. The number of amides is 1. The van der Waals surface area contributed by atoms with Gasteiger partial charge in [-0.05, 0) is 38.8 Å². The lowest BCUT2D eigenvalue weighted by Crippen LogP contribution is -2.40. The third kappa shape index (κ3) is 6.00. The molecule has 0 aromatic rings. The van der Waals surface area contributed by atoms with Gasteiger partial charge in [0.05, 0.1) is 6.10 Å². The number of hydrogen-bond donors (Lipinski definition) is 2. The lowest BCUT2D eigenvalue weighted by atomic mass is 10.1. The standard InChI is InChI=1S/C12H25N3O2/c1-2-9-17-11-5-3-7-15(10-11)8-4-6-12(16)14-13/h11H,2-10,13H2,1H3,(H,14,16). The Bertz CT molecular complexity index is 224. The van der Waals surface area contributed by atoms with Crippen molar-refractivity contribution in [2.75, 3.05) is 26.2 Å². The van der Waals surface area contributed by atoms with Gasteiger partial charge in [-0.25, -0.2) is 5.84 Å². The molecule has 1 rings (SSSR count). The molecule has 3 N–H and O–H groups in total. The first kappa shape index (κ1) is 14.4. The summed E-state index contributed by atoms with van der Waals surface area (Å²) in [4.78, 5) is 13.4. The Morgan fingerprint density at radius 1 is 1.59 bits per heavy atom. The van der Waals surface area contributed by atoms with Crippen LogP contribution in [0.1, 0.15) is 39.0 Å². The fourth-order valence-electron chi connectivity index (χ4n) is 2.17. The second-order valence-electron chi connectivity index (χ2n) is 4.61. The molecule has 1 heterocycles. The first-order valence-corrected chi connectivity index (χ1v) is 6.59. The van der Waals surface area contributed by atoms with Crippen molar-refractivity contribution in [3.63, 3.8) is 0 Å². The molecule has 0 radical (unpaired) electrons. The largest absolute Gasteiger partial charge is 0.377 e. The minimum absolute atomic E-state index is 0.0826. The summed E-state index contributed by atoms with van der Waals surface area (Å²) in [5, 5.41) is 0. The zero-order chi connectivity index (χ0) is 12.5. The number of hydrogen-bond acceptors (Lipinski definition) is 4. The fourth-order valence-corrected chi connectivity index (χ4v) is 2.17. The van der Waals surface area contributed by atoms with Crippen molar-refractivity contribution in [3.05, 3.63) is 0 Å². The van der Waals surface area contributed by atoms with Crippen molar-refractivity contribution in [1.82, 2.24) is 10.3 Å². The van der Waals surface area contributed by atoms with E-state index in [0.717, 1.165) is 39.1 Å². The molecule has 0 saturated carbocycles. The van der Waals surface area contributed by atoms with Gasteiger partial charge in [-0.2, -0.15) is 0 Å². The molecule has 5 heteroatoms. The topological polar surface area (TPSA) is 67.6 Å². The number of piperidine rings is 1. The van der Waals surface area contributed by atoms with E-state index in [1.54, 1.807) is 0 Å². The van der Waals surface area contributed by atoms with Crippen LogP contribution in [0.3, 0.4) is 0 Å². The zero-order valence-electron chi connectivity index (χ0n) is 10.8. The molecule has 0 aromatic carbocycles. The third-order valence-corrected chi connectivity index (χ3v) is 3.06. The maximum Gasteiger partial charge on any atom is 0.233 e. The van der Waals surface area contributed by atoms with Crippen molar-refractivity contribution in [3.8, 4) is 0 Å². The van der Waals surface area contributed by atoms with Gasteiger partial charge in [-0.1, -0.05) is 6.92 Å². The number of likely N-dealkylation sites (tertiary alicyclic amines) is 1. The van der Waals surface area contributed by atoms with Crippen molar-refractivity contribution >= 4 is 5.91 Å². The van der Waals surface area contributed by atoms with E-state index in [1.165, 1.54) is 12.8 Å². The number of carbonyl (C=O) groups excluding carboxylic acids is 1. The van der Waals surface area contributed by atoms with Crippen molar-refractivity contribution in [2.45, 2.75) is 45.1 Å². The first-order chi connectivity index (χ1) is 8.26. The van der Waals surface area contributed by atoms with E-state index in [0.29, 0.717) is 12.5 Å². The van der Waals surface area contributed by atoms with Crippen LogP contribution in [0.2, 0.25) is 0 Å². The van der Waals surface area contributed by atoms with Gasteiger partial charge in [0.15, 0.2) is 0 Å². The highest BCUT2D eigenvalue weighted by molar-refractivity contribution is 5.75. The van der Waals surface area contributed by atoms with Gasteiger partial charge in [0.25, 0.3) is 0 Å². The molecule has 0 spiro atoms. The van der Waals surface area contributed by atoms with Crippen LogP contribution < -0.4 is 11.3 Å². The lowest BCUT2D eigenvalue weighted by molar-refractivity contribution is -0.121. The molecule has 17 heavy (non-hydrogen) atoms. The van der Waals surface area contributed by atoms with Gasteiger partial charge in [0, 0.05) is 19.6 Å². The summed E-state index contributed by atoms with van der Waals surface area (Å²) in [6.45, 7) is 6.07. The molecule has 5 nitrogen and oxygen atoms in total. The number of ether oxygens (including phenoxy) is 1. The van der Waals surface area contributed by atoms with E-state index in [9.17, 15) is 4.79 Å². The summed E-state index contributed by atoms with van der Waals surface area (Å²) in [7, 11) is 0. The molecule has 0 aliphatic carbocycles. The van der Waals surface area contributed by atoms with Gasteiger partial charge in [-0.15, -0.1) is 0 Å². The average molecular weight is 243 g/mol. The Labute approximate surface area is 104 Å². The predicted octanol–water partition coefficient (Wildman–Crippen LogP) is 0.648. The van der Waals surface area contributed by atoms with Crippen LogP contribution >= 0.6 is 0 Å². The molecule has 1 fully saturated rings. The van der Waals surface area contributed by atoms with Crippen molar-refractivity contribution < 1.29 is 9.53 Å². The molecule has 1 amide bonds. The van der Waals surface area contributed by atoms with Gasteiger partial charge in [0.1, 0.15) is 0 Å². The summed E-state index contributed by atoms with van der Waals surface area (Å²) in [5.41, 5.74) is 2.16. The van der Waals surface area contributed by atoms with Crippen LogP contribution in [0.4, 0.5) is 0 Å². The summed E-state index contributed by atoms with van der Waals surface area (Å²) >= 11 is 0. The second-order valence-corrected chi connectivity index (χ2v) is 4.61. The van der Waals surface area contributed by atoms with E-state index in [4.69, 9.17) is 10.6 Å². The quantitative estimate of drug-likeness (QED) is 0.391. The molecule has 1 aliphatic rings. The van der Waals surface area contributed by atoms with Crippen LogP contribution in [-0.2, 0) is 9.53 Å². The maximum absolute atomic E-state index is 11.0. The predicted molar refractivity (Wildman–Crippen MR) is 67.3 cm³/mol. The molecule has 1 unspecified atom stereocenters. The molecule has 100 valence electrons. The van der Waals surface area contributed by atoms with Gasteiger partial charge < -0.3 is 9.64 Å². The molecule has 1 saturated heterocycles. The Kier molecular flexibility index (Phi) is 7.16. The highest BCUT2D eigenvalue weighted by atomic mass is 16.5. The highest BCUT2D eigenvalue weighted by Crippen LogP contribution is 2.14. The normalized spacial score (nSPS) is 21.4. The smallest absolute Gasteiger partial charge is 0.233 e. The van der Waals surface area contributed by atoms with Crippen LogP contribution in [0.25, 0.3) is 0 Å². The summed E-state index contributed by atoms with van der Waals surface area (Å²) in [6.07, 6.45) is 5.19. The van der Waals surface area contributed by atoms with E-state index in [2.05, 4.69) is 17.2 Å². The van der Waals surface area contributed by atoms with Crippen LogP contribution in [0, 0.1) is 0 Å². The van der Waals surface area contributed by atoms with Crippen molar-refractivity contribution in [2.24, 2.45) is 5.84 Å². The van der Waals surface area contributed by atoms with Crippen LogP contribution in [0.15, 0.2) is 0 Å². The van der Waals surface area contributed by atoms with Crippen LogP contribution in [0.5, 0.6) is 0 Å². The molecule has 1 atom stereocenters. The van der Waals surface area contributed by atoms with E-state index in [-0.39, 0.29) is 5.91 Å². The molecule has 0 bridgehead atoms. The first-order valence-electron chi connectivity index (χ1n) is 6.59. The number of nitrogens with two attached hydrogens (primary N) is 1. The average Bonchev–Trinajstić information content (AvgIpc) is 2.36. The van der Waals surface area contributed by atoms with Gasteiger partial charge >= 0.3 is 0 Å². The van der Waals surface area contributed by atoms with Gasteiger partial charge in [-0.3, -0.25) is 10.2 Å². The number of carbonyl (C=O) groups is 1. The Hall–Kier alpha value is -0.650. The lowest BCUT2D eigenvalue weighted by Gasteiger charge is -2.32. The number of nitrogens with zero attached hydrogens (tertiary/aromatic N) is 1.